The maximum absolute atomic E-state index is 13.1. The predicted molar refractivity (Wildman–Crippen MR) is 118 cm³/mol. The molecule has 2 aromatic rings. The number of benzene rings is 1. The van der Waals surface area contributed by atoms with Crippen molar-refractivity contribution in [2.45, 2.75) is 18.8 Å². The van der Waals surface area contributed by atoms with Crippen LogP contribution in [0, 0.1) is 0 Å². The fourth-order valence-electron chi connectivity index (χ4n) is 4.28. The van der Waals surface area contributed by atoms with Crippen molar-refractivity contribution in [2.24, 2.45) is 0 Å². The van der Waals surface area contributed by atoms with Crippen molar-refractivity contribution in [3.63, 3.8) is 0 Å². The number of nitrogens with one attached hydrogen (secondary N) is 1. The van der Waals surface area contributed by atoms with Crippen molar-refractivity contribution in [3.05, 3.63) is 59.8 Å². The van der Waals surface area contributed by atoms with Crippen molar-refractivity contribution < 1.29 is 9.90 Å². The van der Waals surface area contributed by atoms with Gasteiger partial charge in [0.2, 0.25) is 5.95 Å². The van der Waals surface area contributed by atoms with E-state index >= 15 is 0 Å². The summed E-state index contributed by atoms with van der Waals surface area (Å²) in [6, 6.07) is 10.2. The summed E-state index contributed by atoms with van der Waals surface area (Å²) < 4.78 is 0. The molecule has 1 fully saturated rings. The third-order valence-electron chi connectivity index (χ3n) is 5.88. The molecule has 30 heavy (non-hydrogen) atoms. The second kappa shape index (κ2) is 9.36. The van der Waals surface area contributed by atoms with Gasteiger partial charge in [-0.3, -0.25) is 9.69 Å². The summed E-state index contributed by atoms with van der Waals surface area (Å²) in [6.07, 6.45) is 2.97. The standard InChI is InChI=1S/C23H29N5O2/c1-2-8-24-22-21-19(15-18(16-20(21)30)17-6-4-3-5-7-17)25-23(26-22)28-11-9-27(10-12-28)13-14-29/h2-7,18,29H,1,8-16H2,(H,24,25,26). The zero-order valence-electron chi connectivity index (χ0n) is 17.3. The minimum Gasteiger partial charge on any atom is -0.395 e. The van der Waals surface area contributed by atoms with E-state index in [1.54, 1.807) is 6.08 Å². The number of aromatic nitrogens is 2. The lowest BCUT2D eigenvalue weighted by Gasteiger charge is -2.35. The molecule has 1 aromatic heterocycles. The van der Waals surface area contributed by atoms with Gasteiger partial charge in [0.15, 0.2) is 5.78 Å². The van der Waals surface area contributed by atoms with Crippen LogP contribution < -0.4 is 10.2 Å². The molecule has 1 unspecified atom stereocenters. The number of carbonyl (C=O) groups is 1. The van der Waals surface area contributed by atoms with Crippen LogP contribution in [0.25, 0.3) is 0 Å². The first-order valence-corrected chi connectivity index (χ1v) is 10.6. The second-order valence-corrected chi connectivity index (χ2v) is 7.85. The number of aliphatic hydroxyl groups excluding tert-OH is 1. The molecule has 0 radical (unpaired) electrons. The molecule has 1 atom stereocenters. The van der Waals surface area contributed by atoms with Crippen LogP contribution in [-0.2, 0) is 6.42 Å². The van der Waals surface area contributed by atoms with Crippen LogP contribution >= 0.6 is 0 Å². The smallest absolute Gasteiger partial charge is 0.227 e. The maximum Gasteiger partial charge on any atom is 0.227 e. The molecule has 1 aromatic carbocycles. The minimum absolute atomic E-state index is 0.0935. The number of ketones is 1. The summed E-state index contributed by atoms with van der Waals surface area (Å²) in [5.41, 5.74) is 2.64. The summed E-state index contributed by atoms with van der Waals surface area (Å²) in [6.45, 7) is 8.51. The number of carbonyl (C=O) groups excluding carboxylic acids is 1. The average molecular weight is 408 g/mol. The van der Waals surface area contributed by atoms with E-state index in [1.165, 1.54) is 5.56 Å². The number of hydrogen-bond donors (Lipinski definition) is 2. The zero-order chi connectivity index (χ0) is 20.9. The van der Waals surface area contributed by atoms with Crippen LogP contribution in [0.1, 0.15) is 34.0 Å². The highest BCUT2D eigenvalue weighted by molar-refractivity contribution is 6.03. The molecule has 1 saturated heterocycles. The van der Waals surface area contributed by atoms with Gasteiger partial charge in [0.05, 0.1) is 17.9 Å². The van der Waals surface area contributed by atoms with E-state index in [4.69, 9.17) is 15.1 Å². The lowest BCUT2D eigenvalue weighted by atomic mass is 9.82. The Balaban J connectivity index is 1.64. The molecule has 7 heteroatoms. The lowest BCUT2D eigenvalue weighted by Crippen LogP contribution is -2.48. The summed E-state index contributed by atoms with van der Waals surface area (Å²) in [5.74, 6) is 1.52. The first kappa shape index (κ1) is 20.5. The minimum atomic E-state index is 0.0935. The molecule has 7 nitrogen and oxygen atoms in total. The Labute approximate surface area is 177 Å². The van der Waals surface area contributed by atoms with Gasteiger partial charge >= 0.3 is 0 Å². The van der Waals surface area contributed by atoms with Crippen LogP contribution in [0.3, 0.4) is 0 Å². The first-order chi connectivity index (χ1) is 14.7. The van der Waals surface area contributed by atoms with Gasteiger partial charge in [-0.1, -0.05) is 36.4 Å². The largest absolute Gasteiger partial charge is 0.395 e. The van der Waals surface area contributed by atoms with Gasteiger partial charge in [0.25, 0.3) is 0 Å². The molecule has 1 aliphatic carbocycles. The lowest BCUT2D eigenvalue weighted by molar-refractivity contribution is 0.0963. The van der Waals surface area contributed by atoms with Crippen LogP contribution in [0.5, 0.6) is 0 Å². The van der Waals surface area contributed by atoms with Crippen molar-refractivity contribution in [3.8, 4) is 0 Å². The summed E-state index contributed by atoms with van der Waals surface area (Å²) in [4.78, 5) is 27.1. The Morgan fingerprint density at radius 2 is 1.90 bits per heavy atom. The number of Topliss-reactive ketones (excluding diaryl/α,β-unsaturated/α-hetero) is 1. The summed E-state index contributed by atoms with van der Waals surface area (Å²) >= 11 is 0. The number of rotatable bonds is 7. The fraction of sp³-hybridized carbons (Fsp3) is 0.435. The Hall–Kier alpha value is -2.77. The highest BCUT2D eigenvalue weighted by Crippen LogP contribution is 2.35. The molecule has 0 bridgehead atoms. The van der Waals surface area contributed by atoms with Gasteiger partial charge in [0.1, 0.15) is 5.82 Å². The predicted octanol–water partition coefficient (Wildman–Crippen LogP) is 2.10. The molecule has 2 N–H and O–H groups in total. The number of aliphatic hydroxyl groups is 1. The molecule has 0 spiro atoms. The van der Waals surface area contributed by atoms with E-state index in [0.29, 0.717) is 36.8 Å². The maximum atomic E-state index is 13.1. The topological polar surface area (TPSA) is 81.6 Å². The number of piperazine rings is 1. The molecular formula is C23H29N5O2. The van der Waals surface area contributed by atoms with Gasteiger partial charge in [-0.25, -0.2) is 4.98 Å². The second-order valence-electron chi connectivity index (χ2n) is 7.85. The monoisotopic (exact) mass is 407 g/mol. The molecule has 1 aliphatic heterocycles. The number of β-amino-alcohol motifs (C(OH)–C–C–N with tert-alkyl or cyclic N) is 1. The molecule has 4 rings (SSSR count). The van der Waals surface area contributed by atoms with Gasteiger partial charge in [0, 0.05) is 45.7 Å². The molecule has 2 aliphatic rings. The van der Waals surface area contributed by atoms with Crippen LogP contribution in [0.2, 0.25) is 0 Å². The van der Waals surface area contributed by atoms with E-state index in [9.17, 15) is 4.79 Å². The number of fused-ring (bicyclic) bond motifs is 1. The van der Waals surface area contributed by atoms with E-state index in [1.807, 2.05) is 18.2 Å². The number of hydrogen-bond acceptors (Lipinski definition) is 7. The highest BCUT2D eigenvalue weighted by Gasteiger charge is 2.32. The van der Waals surface area contributed by atoms with Crippen molar-refractivity contribution in [2.75, 3.05) is 56.1 Å². The molecule has 0 amide bonds. The molecule has 2 heterocycles. The first-order valence-electron chi connectivity index (χ1n) is 10.6. The van der Waals surface area contributed by atoms with Crippen LogP contribution in [0.15, 0.2) is 43.0 Å². The van der Waals surface area contributed by atoms with Crippen LogP contribution in [0.4, 0.5) is 11.8 Å². The quantitative estimate of drug-likeness (QED) is 0.680. The van der Waals surface area contributed by atoms with Crippen LogP contribution in [-0.4, -0.2) is 71.6 Å². The van der Waals surface area contributed by atoms with Gasteiger partial charge in [-0.05, 0) is 17.9 Å². The van der Waals surface area contributed by atoms with Crippen molar-refractivity contribution >= 4 is 17.5 Å². The Bertz CT molecular complexity index is 894. The number of anilines is 2. The van der Waals surface area contributed by atoms with E-state index in [2.05, 4.69) is 33.8 Å². The Morgan fingerprint density at radius 1 is 1.13 bits per heavy atom. The SMILES string of the molecule is C=CCNc1nc(N2CCN(CCO)CC2)nc2c1C(=O)CC(c1ccccc1)C2. The third-order valence-corrected chi connectivity index (χ3v) is 5.88. The third kappa shape index (κ3) is 4.37. The zero-order valence-corrected chi connectivity index (χ0v) is 17.3. The molecule has 0 saturated carbocycles. The molecular weight excluding hydrogens is 378 g/mol. The van der Waals surface area contributed by atoms with Crippen molar-refractivity contribution in [1.82, 2.24) is 14.9 Å². The summed E-state index contributed by atoms with van der Waals surface area (Å²) in [5, 5.41) is 12.4. The Kier molecular flexibility index (Phi) is 6.40. The average Bonchev–Trinajstić information content (AvgIpc) is 2.78. The fourth-order valence-corrected chi connectivity index (χ4v) is 4.28. The van der Waals surface area contributed by atoms with Gasteiger partial charge < -0.3 is 15.3 Å². The number of nitrogens with zero attached hydrogens (tertiary/aromatic N) is 4. The highest BCUT2D eigenvalue weighted by atomic mass is 16.3. The molecule has 158 valence electrons. The Morgan fingerprint density at radius 3 is 2.60 bits per heavy atom. The van der Waals surface area contributed by atoms with E-state index < -0.39 is 0 Å². The van der Waals surface area contributed by atoms with Gasteiger partial charge in [-0.15, -0.1) is 6.58 Å². The van der Waals surface area contributed by atoms with Crippen molar-refractivity contribution in [1.29, 1.82) is 0 Å². The summed E-state index contributed by atoms with van der Waals surface area (Å²) in [7, 11) is 0. The van der Waals surface area contributed by atoms with Gasteiger partial charge in [-0.2, -0.15) is 4.98 Å². The van der Waals surface area contributed by atoms with E-state index in [-0.39, 0.29) is 18.3 Å². The van der Waals surface area contributed by atoms with E-state index in [0.717, 1.165) is 38.3 Å². The normalized spacial score (nSPS) is 19.4.